The average Bonchev–Trinajstić information content (AvgIpc) is 2.37. The van der Waals surface area contributed by atoms with Crippen molar-refractivity contribution in [1.29, 1.82) is 5.26 Å². The van der Waals surface area contributed by atoms with Crippen molar-refractivity contribution < 1.29 is 4.39 Å². The van der Waals surface area contributed by atoms with Crippen LogP contribution in [-0.2, 0) is 6.42 Å². The number of hydrogen-bond donors (Lipinski definition) is 0. The molecule has 0 amide bonds. The second-order valence-corrected chi connectivity index (χ2v) is 4.50. The molecule has 18 heavy (non-hydrogen) atoms. The van der Waals surface area contributed by atoms with Crippen molar-refractivity contribution in [2.24, 2.45) is 0 Å². The van der Waals surface area contributed by atoms with Crippen LogP contribution in [0.5, 0.6) is 0 Å². The maximum Gasteiger partial charge on any atom is 0.123 e. The number of nitrogens with zero attached hydrogens (tertiary/aromatic N) is 1. The number of hydrogen-bond acceptors (Lipinski definition) is 1. The van der Waals surface area contributed by atoms with Gasteiger partial charge in [-0.1, -0.05) is 35.9 Å². The summed E-state index contributed by atoms with van der Waals surface area (Å²) in [5.74, 6) is -0.565. The molecule has 0 N–H and O–H groups in total. The topological polar surface area (TPSA) is 23.8 Å². The van der Waals surface area contributed by atoms with Crippen molar-refractivity contribution in [2.45, 2.75) is 12.3 Å². The SMILES string of the molecule is N#CC(Cc1cccc(F)c1)c1ccc(Cl)cc1. The minimum absolute atomic E-state index is 0.278. The Morgan fingerprint density at radius 2 is 1.89 bits per heavy atom. The Morgan fingerprint density at radius 1 is 1.17 bits per heavy atom. The van der Waals surface area contributed by atoms with Crippen LogP contribution in [0.3, 0.4) is 0 Å². The van der Waals surface area contributed by atoms with Gasteiger partial charge in [0, 0.05) is 5.02 Å². The summed E-state index contributed by atoms with van der Waals surface area (Å²) in [7, 11) is 0. The molecule has 2 rings (SSSR count). The van der Waals surface area contributed by atoms with Crippen LogP contribution in [0.1, 0.15) is 17.0 Å². The minimum Gasteiger partial charge on any atom is -0.207 e. The highest BCUT2D eigenvalue weighted by atomic mass is 35.5. The first-order chi connectivity index (χ1) is 8.69. The maximum absolute atomic E-state index is 13.1. The molecule has 90 valence electrons. The van der Waals surface area contributed by atoms with E-state index in [-0.39, 0.29) is 11.7 Å². The quantitative estimate of drug-likeness (QED) is 0.805. The molecule has 0 aromatic heterocycles. The summed E-state index contributed by atoms with van der Waals surface area (Å²) in [4.78, 5) is 0. The zero-order chi connectivity index (χ0) is 13.0. The normalized spacial score (nSPS) is 11.8. The molecule has 3 heteroatoms. The van der Waals surface area contributed by atoms with Gasteiger partial charge < -0.3 is 0 Å². The van der Waals surface area contributed by atoms with E-state index in [1.807, 2.05) is 18.2 Å². The van der Waals surface area contributed by atoms with Crippen molar-refractivity contribution in [3.63, 3.8) is 0 Å². The predicted octanol–water partition coefficient (Wildman–Crippen LogP) is 4.33. The second kappa shape index (κ2) is 5.66. The van der Waals surface area contributed by atoms with E-state index in [2.05, 4.69) is 6.07 Å². The smallest absolute Gasteiger partial charge is 0.123 e. The standard InChI is InChI=1S/C15H11ClFN/c16-14-6-4-12(5-7-14)13(10-18)8-11-2-1-3-15(17)9-11/h1-7,9,13H,8H2. The molecule has 0 aliphatic heterocycles. The molecule has 2 aromatic carbocycles. The fourth-order valence-electron chi connectivity index (χ4n) is 1.83. The van der Waals surface area contributed by atoms with Gasteiger partial charge in [0.2, 0.25) is 0 Å². The van der Waals surface area contributed by atoms with Gasteiger partial charge in [0.05, 0.1) is 12.0 Å². The van der Waals surface area contributed by atoms with Gasteiger partial charge >= 0.3 is 0 Å². The lowest BCUT2D eigenvalue weighted by Gasteiger charge is -2.09. The number of benzene rings is 2. The van der Waals surface area contributed by atoms with E-state index in [0.717, 1.165) is 11.1 Å². The Morgan fingerprint density at radius 3 is 2.50 bits per heavy atom. The van der Waals surface area contributed by atoms with Crippen LogP contribution in [0, 0.1) is 17.1 Å². The molecule has 0 fully saturated rings. The van der Waals surface area contributed by atoms with Crippen LogP contribution < -0.4 is 0 Å². The van der Waals surface area contributed by atoms with Gasteiger partial charge in [-0.05, 0) is 41.8 Å². The third-order valence-corrected chi connectivity index (χ3v) is 3.01. The number of nitriles is 1. The van der Waals surface area contributed by atoms with Crippen molar-refractivity contribution in [1.82, 2.24) is 0 Å². The third kappa shape index (κ3) is 3.09. The summed E-state index contributed by atoms with van der Waals surface area (Å²) in [6.07, 6.45) is 0.496. The fraction of sp³-hybridized carbons (Fsp3) is 0.133. The van der Waals surface area contributed by atoms with Gasteiger partial charge in [0.25, 0.3) is 0 Å². The predicted molar refractivity (Wildman–Crippen MR) is 69.9 cm³/mol. The summed E-state index contributed by atoms with van der Waals surface area (Å²) >= 11 is 5.81. The molecule has 0 saturated heterocycles. The molecular weight excluding hydrogens is 249 g/mol. The molecular formula is C15H11ClFN. The van der Waals surface area contributed by atoms with Gasteiger partial charge in [0.1, 0.15) is 5.82 Å². The average molecular weight is 260 g/mol. The van der Waals surface area contributed by atoms with E-state index < -0.39 is 0 Å². The molecule has 0 heterocycles. The van der Waals surface area contributed by atoms with E-state index in [1.165, 1.54) is 12.1 Å². The first kappa shape index (κ1) is 12.6. The van der Waals surface area contributed by atoms with Crippen molar-refractivity contribution in [3.8, 4) is 6.07 Å². The molecule has 0 aliphatic carbocycles. The summed E-state index contributed by atoms with van der Waals surface area (Å²) < 4.78 is 13.1. The third-order valence-electron chi connectivity index (χ3n) is 2.76. The van der Waals surface area contributed by atoms with Gasteiger partial charge in [-0.3, -0.25) is 0 Å². The minimum atomic E-state index is -0.288. The fourth-order valence-corrected chi connectivity index (χ4v) is 1.96. The van der Waals surface area contributed by atoms with E-state index in [0.29, 0.717) is 11.4 Å². The highest BCUT2D eigenvalue weighted by Crippen LogP contribution is 2.22. The molecule has 0 saturated carbocycles. The highest BCUT2D eigenvalue weighted by molar-refractivity contribution is 6.30. The Hall–Kier alpha value is -1.85. The Kier molecular flexibility index (Phi) is 3.96. The Balaban J connectivity index is 2.20. The second-order valence-electron chi connectivity index (χ2n) is 4.07. The van der Waals surface area contributed by atoms with Gasteiger partial charge in [-0.25, -0.2) is 4.39 Å². The summed E-state index contributed by atoms with van der Waals surface area (Å²) in [6, 6.07) is 15.7. The monoisotopic (exact) mass is 259 g/mol. The van der Waals surface area contributed by atoms with Crippen molar-refractivity contribution >= 4 is 11.6 Å². The Labute approximate surface area is 110 Å². The van der Waals surface area contributed by atoms with Gasteiger partial charge in [-0.15, -0.1) is 0 Å². The van der Waals surface area contributed by atoms with E-state index in [9.17, 15) is 9.65 Å². The van der Waals surface area contributed by atoms with Gasteiger partial charge in [0.15, 0.2) is 0 Å². The largest absolute Gasteiger partial charge is 0.207 e. The molecule has 1 unspecified atom stereocenters. The van der Waals surface area contributed by atoms with E-state index in [4.69, 9.17) is 11.6 Å². The van der Waals surface area contributed by atoms with Crippen LogP contribution >= 0.6 is 11.6 Å². The van der Waals surface area contributed by atoms with Crippen molar-refractivity contribution in [3.05, 3.63) is 70.5 Å². The molecule has 1 atom stereocenters. The summed E-state index contributed by atoms with van der Waals surface area (Å²) in [5.41, 5.74) is 1.71. The van der Waals surface area contributed by atoms with Crippen molar-refractivity contribution in [2.75, 3.05) is 0 Å². The summed E-state index contributed by atoms with van der Waals surface area (Å²) in [6.45, 7) is 0. The highest BCUT2D eigenvalue weighted by Gasteiger charge is 2.11. The lowest BCUT2D eigenvalue weighted by molar-refractivity contribution is 0.624. The number of halogens is 2. The molecule has 0 spiro atoms. The van der Waals surface area contributed by atoms with Crippen LogP contribution in [0.2, 0.25) is 5.02 Å². The lowest BCUT2D eigenvalue weighted by Crippen LogP contribution is -2.00. The molecule has 0 radical (unpaired) electrons. The summed E-state index contributed by atoms with van der Waals surface area (Å²) in [5, 5.41) is 9.84. The van der Waals surface area contributed by atoms with Gasteiger partial charge in [-0.2, -0.15) is 5.26 Å². The van der Waals surface area contributed by atoms with E-state index in [1.54, 1.807) is 18.2 Å². The first-order valence-corrected chi connectivity index (χ1v) is 5.96. The molecule has 0 bridgehead atoms. The van der Waals surface area contributed by atoms with Crippen LogP contribution in [-0.4, -0.2) is 0 Å². The lowest BCUT2D eigenvalue weighted by atomic mass is 9.93. The zero-order valence-corrected chi connectivity index (χ0v) is 10.4. The number of rotatable bonds is 3. The zero-order valence-electron chi connectivity index (χ0n) is 9.61. The van der Waals surface area contributed by atoms with Crippen LogP contribution in [0.25, 0.3) is 0 Å². The van der Waals surface area contributed by atoms with E-state index >= 15 is 0 Å². The molecule has 2 aromatic rings. The first-order valence-electron chi connectivity index (χ1n) is 5.58. The van der Waals surface area contributed by atoms with Crippen LogP contribution in [0.4, 0.5) is 4.39 Å². The molecule has 1 nitrogen and oxygen atoms in total. The molecule has 0 aliphatic rings. The maximum atomic E-state index is 13.1. The van der Waals surface area contributed by atoms with Crippen LogP contribution in [0.15, 0.2) is 48.5 Å². The Bertz CT molecular complexity index is 572.